The molecule has 0 aromatic rings. The van der Waals surface area contributed by atoms with Gasteiger partial charge in [-0.25, -0.2) is 8.78 Å². The lowest BCUT2D eigenvalue weighted by molar-refractivity contribution is -0.175. The molecule has 0 radical (unpaired) electrons. The highest BCUT2D eigenvalue weighted by Gasteiger charge is 2.51. The van der Waals surface area contributed by atoms with Gasteiger partial charge in [0, 0.05) is 0 Å². The summed E-state index contributed by atoms with van der Waals surface area (Å²) in [6, 6.07) is 0. The van der Waals surface area contributed by atoms with Crippen molar-refractivity contribution in [1.82, 2.24) is 0 Å². The lowest BCUT2D eigenvalue weighted by atomic mass is 9.74. The number of ether oxygens (including phenoxy) is 2. The van der Waals surface area contributed by atoms with Crippen molar-refractivity contribution in [2.24, 2.45) is 11.3 Å². The number of hydrogen-bond acceptors (Lipinski definition) is 4. The van der Waals surface area contributed by atoms with Crippen LogP contribution < -0.4 is 0 Å². The monoisotopic (exact) mass is 280 g/mol. The SMILES string of the molecule is CCCC(C)(C(F)F)C(C(=O)OCC)C(=O)OCC. The molecule has 0 bridgehead atoms. The van der Waals surface area contributed by atoms with Crippen LogP contribution >= 0.6 is 0 Å². The van der Waals surface area contributed by atoms with E-state index in [0.29, 0.717) is 6.42 Å². The molecule has 0 aromatic heterocycles. The maximum atomic E-state index is 13.3. The van der Waals surface area contributed by atoms with Crippen LogP contribution in [0.3, 0.4) is 0 Å². The minimum Gasteiger partial charge on any atom is -0.465 e. The minimum absolute atomic E-state index is 0.0280. The van der Waals surface area contributed by atoms with Gasteiger partial charge < -0.3 is 9.47 Å². The Morgan fingerprint density at radius 3 is 1.74 bits per heavy atom. The van der Waals surface area contributed by atoms with Crippen molar-refractivity contribution in [3.63, 3.8) is 0 Å². The molecule has 0 fully saturated rings. The molecule has 0 aliphatic heterocycles. The molecule has 0 spiro atoms. The highest BCUT2D eigenvalue weighted by atomic mass is 19.3. The van der Waals surface area contributed by atoms with E-state index >= 15 is 0 Å². The standard InChI is InChI=1S/C13H22F2O4/c1-5-8-13(4,12(14)15)9(10(16)18-6-2)11(17)19-7-3/h9,12H,5-8H2,1-4H3. The summed E-state index contributed by atoms with van der Waals surface area (Å²) in [5.74, 6) is -3.48. The molecule has 0 aromatic carbocycles. The fourth-order valence-electron chi connectivity index (χ4n) is 2.00. The Balaban J connectivity index is 5.39. The molecule has 0 saturated heterocycles. The van der Waals surface area contributed by atoms with Gasteiger partial charge in [-0.15, -0.1) is 0 Å². The van der Waals surface area contributed by atoms with E-state index in [2.05, 4.69) is 0 Å². The normalized spacial score (nSPS) is 14.3. The zero-order chi connectivity index (χ0) is 15.1. The molecule has 0 aliphatic rings. The van der Waals surface area contributed by atoms with E-state index in [9.17, 15) is 18.4 Å². The van der Waals surface area contributed by atoms with Gasteiger partial charge in [0.2, 0.25) is 6.43 Å². The van der Waals surface area contributed by atoms with E-state index in [0.717, 1.165) is 0 Å². The molecular formula is C13H22F2O4. The number of alkyl halides is 2. The zero-order valence-corrected chi connectivity index (χ0v) is 11.9. The molecular weight excluding hydrogens is 258 g/mol. The first-order chi connectivity index (χ1) is 8.84. The quantitative estimate of drug-likeness (QED) is 0.507. The molecule has 112 valence electrons. The van der Waals surface area contributed by atoms with Crippen molar-refractivity contribution < 1.29 is 27.8 Å². The van der Waals surface area contributed by atoms with Crippen molar-refractivity contribution in [3.8, 4) is 0 Å². The van der Waals surface area contributed by atoms with E-state index in [1.54, 1.807) is 20.8 Å². The van der Waals surface area contributed by atoms with Crippen LogP contribution in [0.4, 0.5) is 8.78 Å². The second-order valence-corrected chi connectivity index (χ2v) is 4.49. The molecule has 6 heteroatoms. The average Bonchev–Trinajstić information content (AvgIpc) is 2.29. The summed E-state index contributed by atoms with van der Waals surface area (Å²) in [5.41, 5.74) is -1.77. The Kier molecular flexibility index (Phi) is 7.56. The minimum atomic E-state index is -2.81. The maximum Gasteiger partial charge on any atom is 0.321 e. The smallest absolute Gasteiger partial charge is 0.321 e. The number of rotatable bonds is 8. The second-order valence-electron chi connectivity index (χ2n) is 4.49. The third kappa shape index (κ3) is 4.44. The van der Waals surface area contributed by atoms with E-state index < -0.39 is 29.7 Å². The molecule has 0 amide bonds. The number of esters is 2. The van der Waals surface area contributed by atoms with Gasteiger partial charge in [0.1, 0.15) is 0 Å². The molecule has 1 unspecified atom stereocenters. The fraction of sp³-hybridized carbons (Fsp3) is 0.846. The Morgan fingerprint density at radius 1 is 1.05 bits per heavy atom. The summed E-state index contributed by atoms with van der Waals surface area (Å²) in [6.45, 7) is 6.10. The van der Waals surface area contributed by atoms with Gasteiger partial charge in [-0.05, 0) is 20.3 Å². The van der Waals surface area contributed by atoms with Crippen LogP contribution in [0.1, 0.15) is 40.5 Å². The third-order valence-corrected chi connectivity index (χ3v) is 2.99. The predicted molar refractivity (Wildman–Crippen MR) is 65.8 cm³/mol. The van der Waals surface area contributed by atoms with Gasteiger partial charge in [-0.3, -0.25) is 9.59 Å². The van der Waals surface area contributed by atoms with Crippen LogP contribution in [0.5, 0.6) is 0 Å². The summed E-state index contributed by atoms with van der Waals surface area (Å²) in [5, 5.41) is 0. The first kappa shape index (κ1) is 17.8. The van der Waals surface area contributed by atoms with Gasteiger partial charge in [-0.1, -0.05) is 20.3 Å². The Morgan fingerprint density at radius 2 is 1.47 bits per heavy atom. The molecule has 0 aliphatic carbocycles. The van der Waals surface area contributed by atoms with E-state index in [1.165, 1.54) is 6.92 Å². The Bertz CT molecular complexity index is 289. The van der Waals surface area contributed by atoms with Crippen LogP contribution in [0.25, 0.3) is 0 Å². The summed E-state index contributed by atoms with van der Waals surface area (Å²) < 4.78 is 36.1. The number of halogens is 2. The average molecular weight is 280 g/mol. The predicted octanol–water partition coefficient (Wildman–Crippen LogP) is 2.80. The summed E-state index contributed by atoms with van der Waals surface area (Å²) in [6.07, 6.45) is -2.35. The Labute approximate surface area is 112 Å². The van der Waals surface area contributed by atoms with E-state index in [-0.39, 0.29) is 19.6 Å². The van der Waals surface area contributed by atoms with Crippen LogP contribution in [0.2, 0.25) is 0 Å². The Hall–Kier alpha value is -1.20. The molecule has 0 heterocycles. The first-order valence-electron chi connectivity index (χ1n) is 6.46. The molecule has 0 N–H and O–H groups in total. The van der Waals surface area contributed by atoms with Crippen LogP contribution in [0.15, 0.2) is 0 Å². The van der Waals surface area contributed by atoms with E-state index in [1.807, 2.05) is 0 Å². The lowest BCUT2D eigenvalue weighted by Crippen LogP contribution is -2.45. The van der Waals surface area contributed by atoms with Crippen LogP contribution in [0, 0.1) is 11.3 Å². The topological polar surface area (TPSA) is 52.6 Å². The van der Waals surface area contributed by atoms with Gasteiger partial charge in [0.15, 0.2) is 5.92 Å². The van der Waals surface area contributed by atoms with Crippen molar-refractivity contribution in [1.29, 1.82) is 0 Å². The fourth-order valence-corrected chi connectivity index (χ4v) is 2.00. The molecule has 1 atom stereocenters. The third-order valence-electron chi connectivity index (χ3n) is 2.99. The van der Waals surface area contributed by atoms with Gasteiger partial charge in [0.25, 0.3) is 0 Å². The van der Waals surface area contributed by atoms with E-state index in [4.69, 9.17) is 9.47 Å². The lowest BCUT2D eigenvalue weighted by Gasteiger charge is -2.33. The number of carbonyl (C=O) groups excluding carboxylic acids is 2. The molecule has 4 nitrogen and oxygen atoms in total. The highest BCUT2D eigenvalue weighted by molar-refractivity contribution is 5.96. The van der Waals surface area contributed by atoms with Gasteiger partial charge in [0.05, 0.1) is 18.6 Å². The summed E-state index contributed by atoms with van der Waals surface area (Å²) >= 11 is 0. The van der Waals surface area contributed by atoms with Gasteiger partial charge in [-0.2, -0.15) is 0 Å². The number of hydrogen-bond donors (Lipinski definition) is 0. The zero-order valence-electron chi connectivity index (χ0n) is 11.9. The first-order valence-corrected chi connectivity index (χ1v) is 6.46. The van der Waals surface area contributed by atoms with Crippen molar-refractivity contribution in [3.05, 3.63) is 0 Å². The second kappa shape index (κ2) is 8.07. The summed E-state index contributed by atoms with van der Waals surface area (Å²) in [4.78, 5) is 23.7. The molecule has 0 saturated carbocycles. The largest absolute Gasteiger partial charge is 0.465 e. The molecule has 19 heavy (non-hydrogen) atoms. The maximum absolute atomic E-state index is 13.3. The van der Waals surface area contributed by atoms with Crippen LogP contribution in [-0.2, 0) is 19.1 Å². The van der Waals surface area contributed by atoms with Crippen molar-refractivity contribution in [2.75, 3.05) is 13.2 Å². The highest BCUT2D eigenvalue weighted by Crippen LogP contribution is 2.40. The van der Waals surface area contributed by atoms with Crippen molar-refractivity contribution in [2.45, 2.75) is 47.0 Å². The van der Waals surface area contributed by atoms with Gasteiger partial charge >= 0.3 is 11.9 Å². The number of carbonyl (C=O) groups is 2. The molecule has 0 rings (SSSR count). The van der Waals surface area contributed by atoms with Crippen molar-refractivity contribution >= 4 is 11.9 Å². The summed E-state index contributed by atoms with van der Waals surface area (Å²) in [7, 11) is 0. The van der Waals surface area contributed by atoms with Crippen LogP contribution in [-0.4, -0.2) is 31.6 Å².